The number of hydrogen-bond acceptors (Lipinski definition) is 3. The Balaban J connectivity index is 1.34. The first-order chi connectivity index (χ1) is 18.3. The van der Waals surface area contributed by atoms with Gasteiger partial charge in [-0.25, -0.2) is 0 Å². The van der Waals surface area contributed by atoms with Crippen LogP contribution in [0.25, 0.3) is 0 Å². The molecule has 38 heavy (non-hydrogen) atoms. The molecule has 3 aromatic rings. The third kappa shape index (κ3) is 5.02. The standard InChI is InChI=1S/C32H34Cl2N2O2/c1-23(37)31(25-11-7-4-8-12-25)15-17-36(18-16-31)22-27-20-32(27,26-13-14-28(33)29(34)19-26)30(38)35(2)21-24-9-5-3-6-10-24/h3-14,19,27H,15-18,20-22H2,1-2H3/t27-,32+/m0/s1. The summed E-state index contributed by atoms with van der Waals surface area (Å²) in [7, 11) is 1.88. The molecule has 0 bridgehead atoms. The number of nitrogens with zero attached hydrogens (tertiary/aromatic N) is 2. The molecule has 2 aliphatic rings. The first-order valence-electron chi connectivity index (χ1n) is 13.3. The summed E-state index contributed by atoms with van der Waals surface area (Å²) in [6.07, 6.45) is 2.36. The molecule has 0 N–H and O–H groups in total. The van der Waals surface area contributed by atoms with Gasteiger partial charge in [-0.05, 0) is 74.0 Å². The minimum absolute atomic E-state index is 0.115. The lowest BCUT2D eigenvalue weighted by Gasteiger charge is -2.41. The molecule has 0 radical (unpaired) electrons. The Morgan fingerprint density at radius 1 is 0.895 bits per heavy atom. The molecule has 1 aliphatic carbocycles. The first kappa shape index (κ1) is 26.9. The van der Waals surface area contributed by atoms with Crippen LogP contribution >= 0.6 is 23.2 Å². The lowest BCUT2D eigenvalue weighted by atomic mass is 9.70. The van der Waals surface area contributed by atoms with Crippen LogP contribution in [0.1, 0.15) is 42.9 Å². The van der Waals surface area contributed by atoms with Crippen LogP contribution in [0.5, 0.6) is 0 Å². The topological polar surface area (TPSA) is 40.6 Å². The predicted molar refractivity (Wildman–Crippen MR) is 154 cm³/mol. The van der Waals surface area contributed by atoms with Crippen molar-refractivity contribution < 1.29 is 9.59 Å². The van der Waals surface area contributed by atoms with Gasteiger partial charge >= 0.3 is 0 Å². The fourth-order valence-electron chi connectivity index (χ4n) is 6.36. The van der Waals surface area contributed by atoms with Gasteiger partial charge in [-0.2, -0.15) is 0 Å². The van der Waals surface area contributed by atoms with Crippen molar-refractivity contribution in [1.29, 1.82) is 0 Å². The number of carbonyl (C=O) groups is 2. The number of hydrogen-bond donors (Lipinski definition) is 0. The van der Waals surface area contributed by atoms with E-state index in [2.05, 4.69) is 17.0 Å². The molecule has 0 aromatic heterocycles. The molecule has 1 amide bonds. The summed E-state index contributed by atoms with van der Waals surface area (Å²) >= 11 is 12.7. The minimum atomic E-state index is -0.619. The fourth-order valence-corrected chi connectivity index (χ4v) is 6.66. The number of benzene rings is 3. The molecular formula is C32H34Cl2N2O2. The zero-order valence-corrected chi connectivity index (χ0v) is 23.5. The van der Waals surface area contributed by atoms with E-state index < -0.39 is 10.8 Å². The van der Waals surface area contributed by atoms with Gasteiger partial charge in [0.2, 0.25) is 5.91 Å². The largest absolute Gasteiger partial charge is 0.341 e. The summed E-state index contributed by atoms with van der Waals surface area (Å²) in [5.41, 5.74) is 2.10. The van der Waals surface area contributed by atoms with Gasteiger partial charge < -0.3 is 9.80 Å². The number of rotatable bonds is 8. The van der Waals surface area contributed by atoms with Crippen LogP contribution in [0.4, 0.5) is 0 Å². The van der Waals surface area contributed by atoms with E-state index in [0.717, 1.165) is 55.6 Å². The molecule has 1 saturated carbocycles. The lowest BCUT2D eigenvalue weighted by Crippen LogP contribution is -2.47. The number of carbonyl (C=O) groups excluding carboxylic acids is 2. The molecule has 2 fully saturated rings. The van der Waals surface area contributed by atoms with Gasteiger partial charge in [0.1, 0.15) is 5.78 Å². The van der Waals surface area contributed by atoms with Crippen molar-refractivity contribution in [3.8, 4) is 0 Å². The molecule has 2 atom stereocenters. The van der Waals surface area contributed by atoms with Gasteiger partial charge in [-0.1, -0.05) is 89.9 Å². The van der Waals surface area contributed by atoms with Crippen LogP contribution < -0.4 is 0 Å². The van der Waals surface area contributed by atoms with Crippen LogP contribution in [0, 0.1) is 5.92 Å². The highest BCUT2D eigenvalue weighted by molar-refractivity contribution is 6.42. The minimum Gasteiger partial charge on any atom is -0.341 e. The highest BCUT2D eigenvalue weighted by Gasteiger charge is 2.62. The quantitative estimate of drug-likeness (QED) is 0.321. The molecule has 0 unspecified atom stereocenters. The van der Waals surface area contributed by atoms with Crippen molar-refractivity contribution in [2.24, 2.45) is 5.92 Å². The molecule has 198 valence electrons. The van der Waals surface area contributed by atoms with Gasteiger partial charge in [0.05, 0.1) is 20.9 Å². The van der Waals surface area contributed by atoms with Crippen molar-refractivity contribution in [2.45, 2.75) is 43.6 Å². The summed E-state index contributed by atoms with van der Waals surface area (Å²) < 4.78 is 0. The summed E-state index contributed by atoms with van der Waals surface area (Å²) in [5, 5.41) is 0.963. The Morgan fingerprint density at radius 3 is 2.13 bits per heavy atom. The normalized spacial score (nSPS) is 22.6. The van der Waals surface area contributed by atoms with E-state index in [-0.39, 0.29) is 17.6 Å². The van der Waals surface area contributed by atoms with E-state index in [1.165, 1.54) is 0 Å². The smallest absolute Gasteiger partial charge is 0.233 e. The van der Waals surface area contributed by atoms with Crippen molar-refractivity contribution in [3.05, 3.63) is 106 Å². The Labute approximate surface area is 235 Å². The number of ketones is 1. The molecule has 5 rings (SSSR count). The molecule has 6 heteroatoms. The van der Waals surface area contributed by atoms with Gasteiger partial charge in [-0.15, -0.1) is 0 Å². The molecule has 0 spiro atoms. The summed E-state index contributed by atoms with van der Waals surface area (Å²) in [6.45, 7) is 4.75. The van der Waals surface area contributed by atoms with Crippen LogP contribution in [0.3, 0.4) is 0 Å². The first-order valence-corrected chi connectivity index (χ1v) is 14.1. The highest BCUT2D eigenvalue weighted by atomic mass is 35.5. The summed E-state index contributed by atoms with van der Waals surface area (Å²) in [5.74, 6) is 0.522. The number of piperidine rings is 1. The summed E-state index contributed by atoms with van der Waals surface area (Å²) in [6, 6.07) is 25.9. The molecule has 3 aromatic carbocycles. The van der Waals surface area contributed by atoms with Crippen LogP contribution in [-0.2, 0) is 27.0 Å². The maximum atomic E-state index is 14.0. The highest BCUT2D eigenvalue weighted by Crippen LogP contribution is 2.57. The van der Waals surface area contributed by atoms with Crippen molar-refractivity contribution in [3.63, 3.8) is 0 Å². The van der Waals surface area contributed by atoms with Crippen molar-refractivity contribution >= 4 is 34.9 Å². The monoisotopic (exact) mass is 548 g/mol. The number of likely N-dealkylation sites (N-methyl/N-ethyl adjacent to an activating group) is 1. The molecule has 1 saturated heterocycles. The van der Waals surface area contributed by atoms with E-state index in [1.807, 2.05) is 72.6 Å². The van der Waals surface area contributed by atoms with Gasteiger partial charge in [0.15, 0.2) is 0 Å². The van der Waals surface area contributed by atoms with Gasteiger partial charge in [0, 0.05) is 20.1 Å². The van der Waals surface area contributed by atoms with E-state index in [4.69, 9.17) is 23.2 Å². The third-order valence-electron chi connectivity index (χ3n) is 8.72. The number of halogens is 2. The third-order valence-corrected chi connectivity index (χ3v) is 9.46. The average molecular weight is 550 g/mol. The van der Waals surface area contributed by atoms with E-state index in [1.54, 1.807) is 13.0 Å². The number of Topliss-reactive ketones (excluding diaryl/α,β-unsaturated/α-hetero) is 1. The fraction of sp³-hybridized carbons (Fsp3) is 0.375. The van der Waals surface area contributed by atoms with Gasteiger partial charge in [0.25, 0.3) is 0 Å². The van der Waals surface area contributed by atoms with Crippen LogP contribution in [0.15, 0.2) is 78.9 Å². The van der Waals surface area contributed by atoms with Crippen LogP contribution in [0.2, 0.25) is 10.0 Å². The molecule has 1 heterocycles. The zero-order valence-electron chi connectivity index (χ0n) is 22.0. The Hall–Kier alpha value is -2.66. The lowest BCUT2D eigenvalue weighted by molar-refractivity contribution is -0.133. The maximum absolute atomic E-state index is 14.0. The van der Waals surface area contributed by atoms with Crippen LogP contribution in [-0.4, -0.2) is 48.2 Å². The van der Waals surface area contributed by atoms with Crippen molar-refractivity contribution in [1.82, 2.24) is 9.80 Å². The number of amides is 1. The molecule has 4 nitrogen and oxygen atoms in total. The molecule has 1 aliphatic heterocycles. The second kappa shape index (κ2) is 10.8. The van der Waals surface area contributed by atoms with E-state index in [9.17, 15) is 9.59 Å². The second-order valence-corrected chi connectivity index (χ2v) is 11.8. The molecular weight excluding hydrogens is 515 g/mol. The maximum Gasteiger partial charge on any atom is 0.233 e. The second-order valence-electron chi connectivity index (χ2n) is 11.0. The zero-order chi connectivity index (χ0) is 26.9. The van der Waals surface area contributed by atoms with Gasteiger partial charge in [-0.3, -0.25) is 9.59 Å². The summed E-state index contributed by atoms with van der Waals surface area (Å²) in [4.78, 5) is 31.1. The SMILES string of the molecule is CC(=O)C1(c2ccccc2)CCN(C[C@@H]2C[C@@]2(C(=O)N(C)Cc2ccccc2)c2ccc(Cl)c(Cl)c2)CC1. The Bertz CT molecular complexity index is 1310. The van der Waals surface area contributed by atoms with E-state index >= 15 is 0 Å². The van der Waals surface area contributed by atoms with Crippen molar-refractivity contribution in [2.75, 3.05) is 26.7 Å². The van der Waals surface area contributed by atoms with E-state index in [0.29, 0.717) is 16.6 Å². The number of likely N-dealkylation sites (tertiary alicyclic amines) is 1. The predicted octanol–water partition coefficient (Wildman–Crippen LogP) is 6.53. The Morgan fingerprint density at radius 2 is 1.53 bits per heavy atom. The Kier molecular flexibility index (Phi) is 7.68. The average Bonchev–Trinajstić information content (AvgIpc) is 3.65.